The van der Waals surface area contributed by atoms with Gasteiger partial charge in [0.25, 0.3) is 11.8 Å². The number of nitrogens with one attached hydrogen (secondary N) is 1. The molecule has 1 aromatic heterocycles. The van der Waals surface area contributed by atoms with Crippen LogP contribution in [0.25, 0.3) is 0 Å². The number of hydrogen-bond donors (Lipinski definition) is 2. The number of benzene rings is 1. The number of carbonyl (C=O) groups is 2. The second kappa shape index (κ2) is 11.5. The van der Waals surface area contributed by atoms with Crippen molar-refractivity contribution in [3.8, 4) is 17.4 Å². The number of aromatic nitrogens is 1. The van der Waals surface area contributed by atoms with E-state index in [4.69, 9.17) is 9.47 Å². The number of carboxylic acids is 1. The topological polar surface area (TPSA) is 107 Å². The molecule has 0 aliphatic heterocycles. The van der Waals surface area contributed by atoms with Gasteiger partial charge in [-0.15, -0.1) is 13.2 Å². The smallest absolute Gasteiger partial charge is 0.488 e. The highest BCUT2D eigenvalue weighted by Crippen LogP contribution is 2.34. The maximum absolute atomic E-state index is 13.0. The average molecular weight is 511 g/mol. The normalized spacial score (nSPS) is 19.9. The number of nitrogens with zero attached hydrogens (tertiary/aromatic N) is 1. The molecule has 11 heteroatoms. The Balaban J connectivity index is 1.68. The van der Waals surface area contributed by atoms with Gasteiger partial charge in [0.15, 0.2) is 5.75 Å². The number of rotatable bonds is 10. The first kappa shape index (κ1) is 27.1. The fourth-order valence-corrected chi connectivity index (χ4v) is 4.25. The highest BCUT2D eigenvalue weighted by molar-refractivity contribution is 5.98. The van der Waals surface area contributed by atoms with Crippen LogP contribution in [0.3, 0.4) is 0 Å². The quantitative estimate of drug-likeness (QED) is 0.474. The molecule has 8 nitrogen and oxygen atoms in total. The Labute approximate surface area is 206 Å². The van der Waals surface area contributed by atoms with Crippen molar-refractivity contribution < 1.29 is 42.1 Å². The Morgan fingerprint density at radius 1 is 1.22 bits per heavy atom. The van der Waals surface area contributed by atoms with Gasteiger partial charge in [0, 0.05) is 18.7 Å². The molecule has 1 amide bonds. The first-order valence-electron chi connectivity index (χ1n) is 11.6. The van der Waals surface area contributed by atoms with E-state index < -0.39 is 23.8 Å². The van der Waals surface area contributed by atoms with E-state index in [0.29, 0.717) is 37.2 Å². The molecule has 1 aliphatic carbocycles. The van der Waals surface area contributed by atoms with Crippen LogP contribution >= 0.6 is 0 Å². The van der Waals surface area contributed by atoms with E-state index in [2.05, 4.69) is 22.0 Å². The molecule has 2 N–H and O–H groups in total. The number of pyridine rings is 1. The number of methoxy groups -OCH3 is 1. The van der Waals surface area contributed by atoms with E-state index in [1.54, 1.807) is 6.07 Å². The summed E-state index contributed by atoms with van der Waals surface area (Å²) in [4.78, 5) is 29.1. The minimum atomic E-state index is -4.79. The first-order chi connectivity index (χ1) is 17.0. The monoisotopic (exact) mass is 510 g/mol. The fraction of sp³-hybridized carbons (Fsp3) is 0.480. The molecule has 1 aliphatic rings. The Kier molecular flexibility index (Phi) is 8.65. The lowest BCUT2D eigenvalue weighted by molar-refractivity contribution is -0.274. The minimum absolute atomic E-state index is 0.0516. The maximum Gasteiger partial charge on any atom is 0.573 e. The molecular formula is C25H29F3N2O6. The molecular weight excluding hydrogens is 481 g/mol. The number of alkyl halides is 3. The zero-order valence-electron chi connectivity index (χ0n) is 20.1. The second-order valence-corrected chi connectivity index (χ2v) is 8.72. The van der Waals surface area contributed by atoms with Crippen molar-refractivity contribution in [2.75, 3.05) is 13.7 Å². The van der Waals surface area contributed by atoms with Crippen LogP contribution in [-0.4, -0.2) is 47.6 Å². The van der Waals surface area contributed by atoms with Crippen LogP contribution in [-0.2, 0) is 11.2 Å². The van der Waals surface area contributed by atoms with Crippen LogP contribution < -0.4 is 19.5 Å². The summed E-state index contributed by atoms with van der Waals surface area (Å²) in [6.07, 6.45) is -0.189. The number of aliphatic carboxylic acids is 1. The summed E-state index contributed by atoms with van der Waals surface area (Å²) < 4.78 is 52.2. The molecule has 0 unspecified atom stereocenters. The van der Waals surface area contributed by atoms with Gasteiger partial charge in [0.05, 0.1) is 19.3 Å². The highest BCUT2D eigenvalue weighted by Gasteiger charge is 2.43. The van der Waals surface area contributed by atoms with E-state index in [1.807, 2.05) is 0 Å². The molecule has 0 radical (unpaired) electrons. The Bertz CT molecular complexity index is 1070. The molecule has 0 spiro atoms. The Morgan fingerprint density at radius 2 is 1.94 bits per heavy atom. The lowest BCUT2D eigenvalue weighted by Crippen LogP contribution is -2.56. The van der Waals surface area contributed by atoms with E-state index in [0.717, 1.165) is 6.42 Å². The van der Waals surface area contributed by atoms with Gasteiger partial charge in [-0.1, -0.05) is 25.5 Å². The highest BCUT2D eigenvalue weighted by atomic mass is 19.4. The van der Waals surface area contributed by atoms with Gasteiger partial charge in [0.1, 0.15) is 11.3 Å². The third kappa shape index (κ3) is 7.02. The summed E-state index contributed by atoms with van der Waals surface area (Å²) in [6.45, 7) is 2.12. The Morgan fingerprint density at radius 3 is 2.56 bits per heavy atom. The van der Waals surface area contributed by atoms with Gasteiger partial charge in [-0.25, -0.2) is 9.78 Å². The molecule has 0 atom stereocenters. The number of carbonyl (C=O) groups excluding carboxylic acids is 1. The van der Waals surface area contributed by atoms with Crippen molar-refractivity contribution in [2.45, 2.75) is 57.3 Å². The molecule has 1 fully saturated rings. The summed E-state index contributed by atoms with van der Waals surface area (Å²) >= 11 is 0. The van der Waals surface area contributed by atoms with Crippen molar-refractivity contribution in [1.82, 2.24) is 10.3 Å². The molecule has 2 aromatic rings. The zero-order chi connectivity index (χ0) is 26.3. The van der Waals surface area contributed by atoms with Crippen molar-refractivity contribution in [3.05, 3.63) is 47.7 Å². The summed E-state index contributed by atoms with van der Waals surface area (Å²) in [5.74, 6) is -1.30. The van der Waals surface area contributed by atoms with Crippen LogP contribution in [0.2, 0.25) is 0 Å². The molecule has 1 heterocycles. The molecule has 36 heavy (non-hydrogen) atoms. The number of hydrogen-bond acceptors (Lipinski definition) is 6. The summed E-state index contributed by atoms with van der Waals surface area (Å²) in [5.41, 5.74) is -0.694. The van der Waals surface area contributed by atoms with Crippen LogP contribution in [0.15, 0.2) is 36.5 Å². The molecule has 1 saturated carbocycles. The lowest BCUT2D eigenvalue weighted by Gasteiger charge is -2.37. The molecule has 3 rings (SSSR count). The average Bonchev–Trinajstić information content (AvgIpc) is 2.83. The van der Waals surface area contributed by atoms with Gasteiger partial charge in [-0.2, -0.15) is 0 Å². The predicted molar refractivity (Wildman–Crippen MR) is 123 cm³/mol. The summed E-state index contributed by atoms with van der Waals surface area (Å²) in [7, 11) is 1.37. The van der Waals surface area contributed by atoms with E-state index in [-0.39, 0.29) is 36.0 Å². The van der Waals surface area contributed by atoms with Crippen molar-refractivity contribution in [2.24, 2.45) is 5.92 Å². The van der Waals surface area contributed by atoms with Gasteiger partial charge >= 0.3 is 12.3 Å². The second-order valence-electron chi connectivity index (χ2n) is 8.72. The SMILES string of the molecule is CC[C@H]1CC[C@](NC(=O)c2cnc(OC)c(OCCc3cccc(OC(F)(F)F)c3)c2)(C(=O)O)CC1. The minimum Gasteiger partial charge on any atom is -0.488 e. The zero-order valence-corrected chi connectivity index (χ0v) is 20.1. The third-order valence-corrected chi connectivity index (χ3v) is 6.35. The van der Waals surface area contributed by atoms with E-state index >= 15 is 0 Å². The Hall–Kier alpha value is -3.50. The van der Waals surface area contributed by atoms with Crippen LogP contribution in [0.1, 0.15) is 54.9 Å². The number of halogens is 3. The molecule has 0 bridgehead atoms. The van der Waals surface area contributed by atoms with Crippen molar-refractivity contribution in [3.63, 3.8) is 0 Å². The lowest BCUT2D eigenvalue weighted by atomic mass is 9.75. The van der Waals surface area contributed by atoms with Crippen molar-refractivity contribution >= 4 is 11.9 Å². The third-order valence-electron chi connectivity index (χ3n) is 6.35. The van der Waals surface area contributed by atoms with Crippen LogP contribution in [0, 0.1) is 5.92 Å². The van der Waals surface area contributed by atoms with Crippen LogP contribution in [0.4, 0.5) is 13.2 Å². The summed E-state index contributed by atoms with van der Waals surface area (Å²) in [6, 6.07) is 6.93. The number of ether oxygens (including phenoxy) is 3. The van der Waals surface area contributed by atoms with Gasteiger partial charge in [-0.05, 0) is 49.3 Å². The van der Waals surface area contributed by atoms with Crippen molar-refractivity contribution in [1.29, 1.82) is 0 Å². The fourth-order valence-electron chi connectivity index (χ4n) is 4.25. The van der Waals surface area contributed by atoms with Gasteiger partial charge < -0.3 is 24.6 Å². The molecule has 196 valence electrons. The maximum atomic E-state index is 13.0. The predicted octanol–water partition coefficient (Wildman–Crippen LogP) is 4.76. The molecule has 0 saturated heterocycles. The van der Waals surface area contributed by atoms with E-state index in [1.165, 1.54) is 37.6 Å². The van der Waals surface area contributed by atoms with E-state index in [9.17, 15) is 27.9 Å². The molecule has 1 aromatic carbocycles. The van der Waals surface area contributed by atoms with Gasteiger partial charge in [0.2, 0.25) is 0 Å². The summed E-state index contributed by atoms with van der Waals surface area (Å²) in [5, 5.41) is 12.5. The van der Waals surface area contributed by atoms with Crippen LogP contribution in [0.5, 0.6) is 17.4 Å². The first-order valence-corrected chi connectivity index (χ1v) is 11.6. The number of amides is 1. The standard InChI is InChI=1S/C25H29F3N2O6/c1-3-16-7-10-24(11-8-16,23(32)33)30-21(31)18-14-20(22(34-2)29-15-18)35-12-9-17-5-4-6-19(13-17)36-25(26,27)28/h4-6,13-16H,3,7-12H2,1-2H3,(H,30,31)(H,32,33)/t16-,24+. The van der Waals surface area contributed by atoms with Gasteiger partial charge in [-0.3, -0.25) is 4.79 Å². The number of carboxylic acid groups (broad SMARTS) is 1. The largest absolute Gasteiger partial charge is 0.573 e.